The first-order chi connectivity index (χ1) is 6.97. The van der Waals surface area contributed by atoms with Crippen molar-refractivity contribution in [1.29, 1.82) is 0 Å². The van der Waals surface area contributed by atoms with Crippen LogP contribution in [-0.4, -0.2) is 18.1 Å². The normalized spacial score (nSPS) is 15.7. The fourth-order valence-electron chi connectivity index (χ4n) is 1.66. The number of anilines is 1. The first kappa shape index (κ1) is 11.0. The van der Waals surface area contributed by atoms with Crippen molar-refractivity contribution in [2.24, 2.45) is 0 Å². The Balaban J connectivity index is 0.000000461. The second kappa shape index (κ2) is 6.41. The Kier molecular flexibility index (Phi) is 5.05. The maximum absolute atomic E-state index is 4.33. The van der Waals surface area contributed by atoms with Gasteiger partial charge in [0.1, 0.15) is 5.82 Å². The van der Waals surface area contributed by atoms with E-state index in [1.807, 2.05) is 26.1 Å². The van der Waals surface area contributed by atoms with Crippen LogP contribution in [0.2, 0.25) is 0 Å². The molecule has 2 nitrogen and oxygen atoms in total. The molecule has 14 heavy (non-hydrogen) atoms. The zero-order valence-electron chi connectivity index (χ0n) is 9.24. The minimum atomic E-state index is 1.14. The molecule has 0 N–H and O–H groups in total. The number of rotatable bonds is 1. The summed E-state index contributed by atoms with van der Waals surface area (Å²) in [6.45, 7) is 6.36. The molecule has 0 saturated carbocycles. The van der Waals surface area contributed by atoms with Gasteiger partial charge in [-0.15, -0.1) is 0 Å². The number of pyridine rings is 1. The van der Waals surface area contributed by atoms with Crippen molar-refractivity contribution in [3.05, 3.63) is 24.4 Å². The standard InChI is InChI=1S/C10H14N2.C2H6/c1-4-8-12(9-5-1)10-6-2-3-7-11-10;1-2/h2-3,6-7H,1,4-5,8-9H2;1-2H3. The molecular formula is C12H20N2. The number of nitrogens with zero attached hydrogens (tertiary/aromatic N) is 2. The fraction of sp³-hybridized carbons (Fsp3) is 0.583. The second-order valence-electron chi connectivity index (χ2n) is 3.24. The van der Waals surface area contributed by atoms with E-state index in [0.29, 0.717) is 0 Å². The summed E-state index contributed by atoms with van der Waals surface area (Å²) in [5.74, 6) is 1.14. The molecule has 2 heterocycles. The van der Waals surface area contributed by atoms with E-state index in [4.69, 9.17) is 0 Å². The number of hydrogen-bond donors (Lipinski definition) is 0. The van der Waals surface area contributed by atoms with Crippen LogP contribution in [0.15, 0.2) is 24.4 Å². The molecule has 1 aliphatic heterocycles. The molecule has 78 valence electrons. The second-order valence-corrected chi connectivity index (χ2v) is 3.24. The van der Waals surface area contributed by atoms with Crippen molar-refractivity contribution in [3.63, 3.8) is 0 Å². The van der Waals surface area contributed by atoms with E-state index in [0.717, 1.165) is 5.82 Å². The molecule has 0 spiro atoms. The van der Waals surface area contributed by atoms with Gasteiger partial charge < -0.3 is 4.90 Å². The monoisotopic (exact) mass is 192 g/mol. The molecule has 0 aliphatic carbocycles. The van der Waals surface area contributed by atoms with Gasteiger partial charge in [-0.25, -0.2) is 4.98 Å². The fourth-order valence-corrected chi connectivity index (χ4v) is 1.66. The average molecular weight is 192 g/mol. The predicted octanol–water partition coefficient (Wildman–Crippen LogP) is 3.10. The quantitative estimate of drug-likeness (QED) is 0.679. The third kappa shape index (κ3) is 3.02. The van der Waals surface area contributed by atoms with Crippen molar-refractivity contribution >= 4 is 5.82 Å². The summed E-state index contributed by atoms with van der Waals surface area (Å²) in [6.07, 6.45) is 5.88. The molecule has 2 heteroatoms. The zero-order valence-corrected chi connectivity index (χ0v) is 9.24. The van der Waals surface area contributed by atoms with Crippen LogP contribution in [0.4, 0.5) is 5.82 Å². The molecule has 1 saturated heterocycles. The molecule has 0 bridgehead atoms. The molecule has 0 radical (unpaired) electrons. The first-order valence-corrected chi connectivity index (χ1v) is 5.63. The smallest absolute Gasteiger partial charge is 0.128 e. The van der Waals surface area contributed by atoms with E-state index in [1.165, 1.54) is 32.4 Å². The lowest BCUT2D eigenvalue weighted by molar-refractivity contribution is 0.573. The van der Waals surface area contributed by atoms with Crippen LogP contribution in [0.5, 0.6) is 0 Å². The van der Waals surface area contributed by atoms with Gasteiger partial charge in [0.05, 0.1) is 0 Å². The van der Waals surface area contributed by atoms with Gasteiger partial charge in [0, 0.05) is 19.3 Å². The third-order valence-electron chi connectivity index (χ3n) is 2.33. The average Bonchev–Trinajstić information content (AvgIpc) is 2.34. The molecule has 1 aromatic heterocycles. The van der Waals surface area contributed by atoms with Crippen molar-refractivity contribution in [1.82, 2.24) is 4.98 Å². The van der Waals surface area contributed by atoms with Crippen molar-refractivity contribution in [2.75, 3.05) is 18.0 Å². The molecule has 2 rings (SSSR count). The summed E-state index contributed by atoms with van der Waals surface area (Å²) in [5.41, 5.74) is 0. The molecule has 1 aliphatic rings. The molecule has 0 aromatic carbocycles. The van der Waals surface area contributed by atoms with E-state index >= 15 is 0 Å². The highest BCUT2D eigenvalue weighted by Gasteiger charge is 2.10. The lowest BCUT2D eigenvalue weighted by Gasteiger charge is -2.27. The van der Waals surface area contributed by atoms with Gasteiger partial charge in [0.25, 0.3) is 0 Å². The highest BCUT2D eigenvalue weighted by Crippen LogP contribution is 2.15. The Morgan fingerprint density at radius 3 is 2.36 bits per heavy atom. The molecule has 0 amide bonds. The Labute approximate surface area is 87.0 Å². The number of piperidine rings is 1. The van der Waals surface area contributed by atoms with E-state index in [9.17, 15) is 0 Å². The minimum absolute atomic E-state index is 1.14. The summed E-state index contributed by atoms with van der Waals surface area (Å²) in [7, 11) is 0. The number of hydrogen-bond acceptors (Lipinski definition) is 2. The molecular weight excluding hydrogens is 172 g/mol. The van der Waals surface area contributed by atoms with Crippen LogP contribution in [0.25, 0.3) is 0 Å². The van der Waals surface area contributed by atoms with Crippen LogP contribution < -0.4 is 4.90 Å². The van der Waals surface area contributed by atoms with E-state index in [1.54, 1.807) is 0 Å². The van der Waals surface area contributed by atoms with Gasteiger partial charge in [0.15, 0.2) is 0 Å². The molecule has 0 atom stereocenters. The highest BCUT2D eigenvalue weighted by molar-refractivity contribution is 5.37. The SMILES string of the molecule is CC.c1ccc(N2CCCCC2)nc1. The van der Waals surface area contributed by atoms with Crippen LogP contribution in [0.3, 0.4) is 0 Å². The molecule has 1 aromatic rings. The van der Waals surface area contributed by atoms with Crippen LogP contribution in [0.1, 0.15) is 33.1 Å². The number of aromatic nitrogens is 1. The van der Waals surface area contributed by atoms with E-state index in [2.05, 4.69) is 22.0 Å². The Morgan fingerprint density at radius 1 is 1.07 bits per heavy atom. The lowest BCUT2D eigenvalue weighted by atomic mass is 10.1. The Hall–Kier alpha value is -1.05. The van der Waals surface area contributed by atoms with Crippen molar-refractivity contribution < 1.29 is 0 Å². The van der Waals surface area contributed by atoms with E-state index < -0.39 is 0 Å². The molecule has 1 fully saturated rings. The zero-order chi connectivity index (χ0) is 10.2. The van der Waals surface area contributed by atoms with Gasteiger partial charge in [-0.05, 0) is 31.4 Å². The maximum atomic E-state index is 4.33. The van der Waals surface area contributed by atoms with Crippen molar-refractivity contribution in [2.45, 2.75) is 33.1 Å². The van der Waals surface area contributed by atoms with Gasteiger partial charge >= 0.3 is 0 Å². The van der Waals surface area contributed by atoms with Gasteiger partial charge in [-0.1, -0.05) is 19.9 Å². The summed E-state index contributed by atoms with van der Waals surface area (Å²) in [6, 6.07) is 6.11. The Morgan fingerprint density at radius 2 is 1.79 bits per heavy atom. The van der Waals surface area contributed by atoms with Crippen molar-refractivity contribution in [3.8, 4) is 0 Å². The molecule has 0 unspecified atom stereocenters. The summed E-state index contributed by atoms with van der Waals surface area (Å²) < 4.78 is 0. The maximum Gasteiger partial charge on any atom is 0.128 e. The third-order valence-corrected chi connectivity index (χ3v) is 2.33. The summed E-state index contributed by atoms with van der Waals surface area (Å²) >= 11 is 0. The van der Waals surface area contributed by atoms with Crippen LogP contribution in [0, 0.1) is 0 Å². The topological polar surface area (TPSA) is 16.1 Å². The minimum Gasteiger partial charge on any atom is -0.357 e. The van der Waals surface area contributed by atoms with Crippen LogP contribution >= 0.6 is 0 Å². The van der Waals surface area contributed by atoms with Crippen LogP contribution in [-0.2, 0) is 0 Å². The van der Waals surface area contributed by atoms with Gasteiger partial charge in [0.2, 0.25) is 0 Å². The first-order valence-electron chi connectivity index (χ1n) is 5.63. The largest absolute Gasteiger partial charge is 0.357 e. The van der Waals surface area contributed by atoms with Gasteiger partial charge in [-0.3, -0.25) is 0 Å². The highest BCUT2D eigenvalue weighted by atomic mass is 15.2. The Bertz CT molecular complexity index is 227. The van der Waals surface area contributed by atoms with Gasteiger partial charge in [-0.2, -0.15) is 0 Å². The predicted molar refractivity (Wildman–Crippen MR) is 61.6 cm³/mol. The van der Waals surface area contributed by atoms with E-state index in [-0.39, 0.29) is 0 Å². The summed E-state index contributed by atoms with van der Waals surface area (Å²) in [4.78, 5) is 6.69. The summed E-state index contributed by atoms with van der Waals surface area (Å²) in [5, 5.41) is 0. The lowest BCUT2D eigenvalue weighted by Crippen LogP contribution is -2.29.